The van der Waals surface area contributed by atoms with Gasteiger partial charge in [0.25, 0.3) is 5.91 Å². The van der Waals surface area contributed by atoms with Crippen LogP contribution in [0.15, 0.2) is 35.3 Å². The van der Waals surface area contributed by atoms with Gasteiger partial charge < -0.3 is 10.4 Å². The van der Waals surface area contributed by atoms with Gasteiger partial charge in [0.15, 0.2) is 0 Å². The zero-order chi connectivity index (χ0) is 13.7. The van der Waals surface area contributed by atoms with Crippen molar-refractivity contribution in [1.82, 2.24) is 5.32 Å². The smallest absolute Gasteiger partial charge is 0.326 e. The number of nitrogens with one attached hydrogen (secondary N) is 1. The van der Waals surface area contributed by atoms with E-state index in [1.165, 1.54) is 12.1 Å². The van der Waals surface area contributed by atoms with Gasteiger partial charge in [-0.15, -0.1) is 0 Å². The molecule has 18 heavy (non-hydrogen) atoms. The maximum Gasteiger partial charge on any atom is 0.326 e. The summed E-state index contributed by atoms with van der Waals surface area (Å²) >= 11 is 8.77. The Morgan fingerprint density at radius 3 is 2.39 bits per heavy atom. The second-order valence-corrected chi connectivity index (χ2v) is 5.15. The van der Waals surface area contributed by atoms with E-state index in [4.69, 9.17) is 16.7 Å². The number of carbonyl (C=O) groups excluding carboxylic acids is 1. The molecule has 96 valence electrons. The van der Waals surface area contributed by atoms with Crippen molar-refractivity contribution in [2.75, 3.05) is 0 Å². The molecule has 4 nitrogen and oxygen atoms in total. The summed E-state index contributed by atoms with van der Waals surface area (Å²) in [4.78, 5) is 22.7. The Hall–Kier alpha value is -1.33. The number of amides is 1. The summed E-state index contributed by atoms with van der Waals surface area (Å²) in [6.07, 6.45) is 0.120. The van der Waals surface area contributed by atoms with Gasteiger partial charge in [-0.3, -0.25) is 4.79 Å². The first kappa shape index (κ1) is 14.7. The normalized spacial score (nSPS) is 11.7. The van der Waals surface area contributed by atoms with Crippen molar-refractivity contribution in [2.24, 2.45) is 0 Å². The van der Waals surface area contributed by atoms with Crippen LogP contribution >= 0.6 is 27.5 Å². The summed E-state index contributed by atoms with van der Waals surface area (Å²) in [7, 11) is 0. The molecule has 0 bridgehead atoms. The molecule has 1 aromatic rings. The Bertz CT molecular complexity index is 473. The number of hydrogen-bond donors (Lipinski definition) is 2. The van der Waals surface area contributed by atoms with E-state index in [9.17, 15) is 9.59 Å². The summed E-state index contributed by atoms with van der Waals surface area (Å²) < 4.78 is 0.506. The summed E-state index contributed by atoms with van der Waals surface area (Å²) in [5.74, 6) is -1.58. The minimum absolute atomic E-state index is 0.120. The van der Waals surface area contributed by atoms with Crippen LogP contribution in [0.2, 0.25) is 5.02 Å². The number of carbonyl (C=O) groups is 2. The van der Waals surface area contributed by atoms with Gasteiger partial charge >= 0.3 is 5.97 Å². The molecule has 0 aliphatic carbocycles. The summed E-state index contributed by atoms with van der Waals surface area (Å²) in [5.41, 5.74) is 0.353. The van der Waals surface area contributed by atoms with Crippen molar-refractivity contribution in [3.8, 4) is 0 Å². The molecule has 0 heterocycles. The number of rotatable bonds is 5. The molecule has 0 spiro atoms. The fraction of sp³-hybridized carbons (Fsp3) is 0.167. The number of aliphatic carboxylic acids is 1. The predicted octanol–water partition coefficient (Wildman–Crippen LogP) is 2.82. The SMILES string of the molecule is C=C(Br)C[C@H](NC(=O)c1ccc(Cl)cc1)C(=O)O. The van der Waals surface area contributed by atoms with Crippen LogP contribution < -0.4 is 5.32 Å². The molecular weight excluding hydrogens is 321 g/mol. The summed E-state index contributed by atoms with van der Waals surface area (Å²) in [5, 5.41) is 11.9. The monoisotopic (exact) mass is 331 g/mol. The molecule has 0 saturated carbocycles. The Morgan fingerprint density at radius 2 is 1.94 bits per heavy atom. The standard InChI is InChI=1S/C12H11BrClNO3/c1-7(13)6-10(12(17)18)15-11(16)8-2-4-9(14)5-3-8/h2-5,10H,1,6H2,(H,15,16)(H,17,18)/t10-/m0/s1. The van der Waals surface area contributed by atoms with Gasteiger partial charge in [0.05, 0.1) is 0 Å². The van der Waals surface area contributed by atoms with Crippen LogP contribution in [0.4, 0.5) is 0 Å². The highest BCUT2D eigenvalue weighted by Gasteiger charge is 2.20. The average Bonchev–Trinajstić information content (AvgIpc) is 2.28. The van der Waals surface area contributed by atoms with E-state index in [0.29, 0.717) is 15.1 Å². The number of halogens is 2. The Balaban J connectivity index is 2.75. The van der Waals surface area contributed by atoms with Crippen molar-refractivity contribution in [3.63, 3.8) is 0 Å². The van der Waals surface area contributed by atoms with Crippen LogP contribution in [0.5, 0.6) is 0 Å². The molecule has 0 aliphatic heterocycles. The van der Waals surface area contributed by atoms with Gasteiger partial charge in [-0.05, 0) is 28.7 Å². The maximum absolute atomic E-state index is 11.8. The molecule has 0 aromatic heterocycles. The molecule has 0 fully saturated rings. The van der Waals surface area contributed by atoms with Crippen molar-refractivity contribution in [3.05, 3.63) is 45.9 Å². The number of carboxylic acids is 1. The summed E-state index contributed by atoms with van der Waals surface area (Å²) in [6.45, 7) is 3.55. The third kappa shape index (κ3) is 4.50. The van der Waals surface area contributed by atoms with E-state index < -0.39 is 17.9 Å². The van der Waals surface area contributed by atoms with Gasteiger partial charge in [-0.2, -0.15) is 0 Å². The van der Waals surface area contributed by atoms with E-state index in [2.05, 4.69) is 27.8 Å². The minimum Gasteiger partial charge on any atom is -0.480 e. The zero-order valence-corrected chi connectivity index (χ0v) is 11.7. The lowest BCUT2D eigenvalue weighted by molar-refractivity contribution is -0.139. The third-order valence-corrected chi connectivity index (χ3v) is 2.71. The molecule has 1 amide bonds. The maximum atomic E-state index is 11.8. The Labute approximate surface area is 118 Å². The van der Waals surface area contributed by atoms with Gasteiger partial charge in [0, 0.05) is 17.0 Å². The first-order chi connectivity index (χ1) is 8.40. The lowest BCUT2D eigenvalue weighted by atomic mass is 10.1. The van der Waals surface area contributed by atoms with Crippen LogP contribution in [0.25, 0.3) is 0 Å². The lowest BCUT2D eigenvalue weighted by Crippen LogP contribution is -2.40. The molecule has 0 unspecified atom stereocenters. The van der Waals surface area contributed by atoms with Crippen molar-refractivity contribution in [2.45, 2.75) is 12.5 Å². The molecule has 0 aliphatic rings. The van der Waals surface area contributed by atoms with Crippen LogP contribution in [-0.4, -0.2) is 23.0 Å². The highest BCUT2D eigenvalue weighted by molar-refractivity contribution is 9.11. The van der Waals surface area contributed by atoms with Gasteiger partial charge in [0.2, 0.25) is 0 Å². The highest BCUT2D eigenvalue weighted by atomic mass is 79.9. The molecular formula is C12H11BrClNO3. The molecule has 2 N–H and O–H groups in total. The fourth-order valence-corrected chi connectivity index (χ4v) is 1.71. The first-order valence-electron chi connectivity index (χ1n) is 5.02. The van der Waals surface area contributed by atoms with Gasteiger partial charge in [-0.25, -0.2) is 4.79 Å². The molecule has 1 atom stereocenters. The summed E-state index contributed by atoms with van der Waals surface area (Å²) in [6, 6.07) is 5.17. The predicted molar refractivity (Wildman–Crippen MR) is 73.0 cm³/mol. The van der Waals surface area contributed by atoms with Crippen molar-refractivity contribution < 1.29 is 14.7 Å². The van der Waals surface area contributed by atoms with Crippen LogP contribution in [0.1, 0.15) is 16.8 Å². The number of carboxylic acid groups (broad SMARTS) is 1. The topological polar surface area (TPSA) is 66.4 Å². The molecule has 1 rings (SSSR count). The fourth-order valence-electron chi connectivity index (χ4n) is 1.26. The largest absolute Gasteiger partial charge is 0.480 e. The quantitative estimate of drug-likeness (QED) is 0.871. The van der Waals surface area contributed by atoms with E-state index >= 15 is 0 Å². The molecule has 6 heteroatoms. The van der Waals surface area contributed by atoms with Gasteiger partial charge in [-0.1, -0.05) is 34.1 Å². The van der Waals surface area contributed by atoms with E-state index in [0.717, 1.165) is 0 Å². The Kier molecular flexibility index (Phi) is 5.37. The average molecular weight is 333 g/mol. The second kappa shape index (κ2) is 6.56. The van der Waals surface area contributed by atoms with E-state index in [-0.39, 0.29) is 6.42 Å². The van der Waals surface area contributed by atoms with Crippen molar-refractivity contribution in [1.29, 1.82) is 0 Å². The number of benzene rings is 1. The molecule has 0 saturated heterocycles. The number of hydrogen-bond acceptors (Lipinski definition) is 2. The molecule has 1 aromatic carbocycles. The lowest BCUT2D eigenvalue weighted by Gasteiger charge is -2.13. The van der Waals surface area contributed by atoms with E-state index in [1.807, 2.05) is 0 Å². The third-order valence-electron chi connectivity index (χ3n) is 2.14. The van der Waals surface area contributed by atoms with E-state index in [1.54, 1.807) is 12.1 Å². The van der Waals surface area contributed by atoms with Crippen LogP contribution in [0, 0.1) is 0 Å². The second-order valence-electron chi connectivity index (χ2n) is 3.59. The van der Waals surface area contributed by atoms with Crippen LogP contribution in [-0.2, 0) is 4.79 Å². The molecule has 0 radical (unpaired) electrons. The highest BCUT2D eigenvalue weighted by Crippen LogP contribution is 2.12. The van der Waals surface area contributed by atoms with Gasteiger partial charge in [0.1, 0.15) is 6.04 Å². The Morgan fingerprint density at radius 1 is 1.39 bits per heavy atom. The van der Waals surface area contributed by atoms with Crippen molar-refractivity contribution >= 4 is 39.4 Å². The first-order valence-corrected chi connectivity index (χ1v) is 6.19. The van der Waals surface area contributed by atoms with Crippen LogP contribution in [0.3, 0.4) is 0 Å². The minimum atomic E-state index is -1.11. The zero-order valence-electron chi connectivity index (χ0n) is 9.32.